The number of amides is 1. The van der Waals surface area contributed by atoms with Gasteiger partial charge in [0, 0.05) is 5.92 Å². The van der Waals surface area contributed by atoms with Gasteiger partial charge in [-0.2, -0.15) is 0 Å². The van der Waals surface area contributed by atoms with E-state index in [-0.39, 0.29) is 6.04 Å². The second kappa shape index (κ2) is 4.91. The summed E-state index contributed by atoms with van der Waals surface area (Å²) < 4.78 is 0. The maximum absolute atomic E-state index is 12.6. The lowest BCUT2D eigenvalue weighted by Crippen LogP contribution is -2.37. The molecule has 1 aromatic rings. The van der Waals surface area contributed by atoms with E-state index in [1.165, 1.54) is 37.7 Å². The van der Waals surface area contributed by atoms with Crippen molar-refractivity contribution in [1.29, 1.82) is 0 Å². The second-order valence-electron chi connectivity index (χ2n) is 7.02. The molecule has 0 saturated heterocycles. The van der Waals surface area contributed by atoms with Crippen molar-refractivity contribution in [3.63, 3.8) is 0 Å². The Morgan fingerprint density at radius 1 is 1.05 bits per heavy atom. The Bertz CT molecular complexity index is 493. The summed E-state index contributed by atoms with van der Waals surface area (Å²) in [5.74, 6) is 2.82. The minimum absolute atomic E-state index is 0.253. The van der Waals surface area contributed by atoms with Gasteiger partial charge >= 0.3 is 0 Å². The molecule has 2 heteroatoms. The van der Waals surface area contributed by atoms with Crippen molar-refractivity contribution >= 4 is 5.91 Å². The molecule has 20 heavy (non-hydrogen) atoms. The van der Waals surface area contributed by atoms with Crippen LogP contribution >= 0.6 is 0 Å². The van der Waals surface area contributed by atoms with Gasteiger partial charge in [0.25, 0.3) is 0 Å². The first-order valence-corrected chi connectivity index (χ1v) is 8.16. The van der Waals surface area contributed by atoms with Gasteiger partial charge in [-0.1, -0.05) is 36.8 Å². The Labute approximate surface area is 121 Å². The first kappa shape index (κ1) is 12.4. The molecule has 1 N–H and O–H groups in total. The van der Waals surface area contributed by atoms with Gasteiger partial charge in [0.15, 0.2) is 0 Å². The highest BCUT2D eigenvalue weighted by molar-refractivity contribution is 5.80. The normalized spacial score (nSPS) is 33.1. The molecule has 0 radical (unpaired) electrons. The van der Waals surface area contributed by atoms with Crippen LogP contribution in [0.15, 0.2) is 30.3 Å². The molecule has 0 heterocycles. The fraction of sp³-hybridized carbons (Fsp3) is 0.611. The van der Waals surface area contributed by atoms with Crippen LogP contribution in [-0.2, 0) is 4.79 Å². The molecule has 0 aliphatic heterocycles. The minimum Gasteiger partial charge on any atom is -0.349 e. The van der Waals surface area contributed by atoms with E-state index in [4.69, 9.17) is 0 Å². The lowest BCUT2D eigenvalue weighted by molar-refractivity contribution is -0.127. The molecular formula is C18H23NO. The lowest BCUT2D eigenvalue weighted by Gasteiger charge is -2.25. The van der Waals surface area contributed by atoms with Crippen molar-refractivity contribution in [2.75, 3.05) is 0 Å². The molecule has 106 valence electrons. The van der Waals surface area contributed by atoms with E-state index >= 15 is 0 Å². The highest BCUT2D eigenvalue weighted by atomic mass is 16.2. The van der Waals surface area contributed by atoms with E-state index < -0.39 is 0 Å². The third kappa shape index (κ3) is 2.25. The molecular weight excluding hydrogens is 246 g/mol. The van der Waals surface area contributed by atoms with Crippen LogP contribution in [-0.4, -0.2) is 5.91 Å². The van der Waals surface area contributed by atoms with Crippen molar-refractivity contribution in [2.45, 2.75) is 44.6 Å². The Hall–Kier alpha value is -1.31. The van der Waals surface area contributed by atoms with Crippen LogP contribution in [0.3, 0.4) is 0 Å². The summed E-state index contributed by atoms with van der Waals surface area (Å²) in [6, 6.07) is 10.8. The van der Waals surface area contributed by atoms with Crippen LogP contribution in [0.5, 0.6) is 0 Å². The Morgan fingerprint density at radius 2 is 1.85 bits per heavy atom. The van der Waals surface area contributed by atoms with Gasteiger partial charge in [-0.3, -0.25) is 4.79 Å². The average molecular weight is 269 g/mol. The summed E-state index contributed by atoms with van der Waals surface area (Å²) >= 11 is 0. The maximum Gasteiger partial charge on any atom is 0.223 e. The summed E-state index contributed by atoms with van der Waals surface area (Å²) in [4.78, 5) is 12.6. The largest absolute Gasteiger partial charge is 0.349 e. The highest BCUT2D eigenvalue weighted by Crippen LogP contribution is 2.49. The van der Waals surface area contributed by atoms with Crippen LogP contribution in [0.1, 0.15) is 50.1 Å². The van der Waals surface area contributed by atoms with Gasteiger partial charge in [0.1, 0.15) is 0 Å². The van der Waals surface area contributed by atoms with Gasteiger partial charge in [-0.05, 0) is 55.4 Å². The predicted molar refractivity (Wildman–Crippen MR) is 79.0 cm³/mol. The van der Waals surface area contributed by atoms with Gasteiger partial charge in [-0.25, -0.2) is 0 Å². The van der Waals surface area contributed by atoms with Crippen LogP contribution < -0.4 is 5.32 Å². The zero-order chi connectivity index (χ0) is 13.5. The SMILES string of the molecule is O=C(NC(c1ccccc1)C1CC1)C1CC2CCC1C2. The zero-order valence-electron chi connectivity index (χ0n) is 11.9. The zero-order valence-corrected chi connectivity index (χ0v) is 11.9. The molecule has 4 atom stereocenters. The molecule has 4 unspecified atom stereocenters. The molecule has 2 nitrogen and oxygen atoms in total. The van der Waals surface area contributed by atoms with Crippen LogP contribution in [0.2, 0.25) is 0 Å². The number of hydrogen-bond acceptors (Lipinski definition) is 1. The van der Waals surface area contributed by atoms with Crippen molar-refractivity contribution in [3.8, 4) is 0 Å². The number of nitrogens with one attached hydrogen (secondary N) is 1. The Morgan fingerprint density at radius 3 is 2.45 bits per heavy atom. The summed E-state index contributed by atoms with van der Waals surface area (Å²) in [6.07, 6.45) is 7.61. The topological polar surface area (TPSA) is 29.1 Å². The van der Waals surface area contributed by atoms with Crippen molar-refractivity contribution in [1.82, 2.24) is 5.32 Å². The summed E-state index contributed by atoms with van der Waals surface area (Å²) in [7, 11) is 0. The molecule has 1 amide bonds. The van der Waals surface area contributed by atoms with Crippen molar-refractivity contribution in [3.05, 3.63) is 35.9 Å². The molecule has 3 saturated carbocycles. The van der Waals surface area contributed by atoms with E-state index in [9.17, 15) is 4.79 Å². The van der Waals surface area contributed by atoms with Crippen molar-refractivity contribution < 1.29 is 4.79 Å². The van der Waals surface area contributed by atoms with Crippen LogP contribution in [0.25, 0.3) is 0 Å². The summed E-state index contributed by atoms with van der Waals surface area (Å²) in [5.41, 5.74) is 1.28. The monoisotopic (exact) mass is 269 g/mol. The Kier molecular flexibility index (Phi) is 3.05. The fourth-order valence-electron chi connectivity index (χ4n) is 4.39. The number of hydrogen-bond donors (Lipinski definition) is 1. The van der Waals surface area contributed by atoms with E-state index in [1.54, 1.807) is 0 Å². The van der Waals surface area contributed by atoms with Gasteiger partial charge in [0.05, 0.1) is 6.04 Å². The minimum atomic E-state index is 0.253. The maximum atomic E-state index is 12.6. The number of carbonyl (C=O) groups is 1. The molecule has 3 aliphatic rings. The van der Waals surface area contributed by atoms with E-state index in [1.807, 2.05) is 6.07 Å². The van der Waals surface area contributed by atoms with E-state index in [0.717, 1.165) is 12.3 Å². The first-order chi connectivity index (χ1) is 9.81. The number of fused-ring (bicyclic) bond motifs is 2. The molecule has 4 rings (SSSR count). The lowest BCUT2D eigenvalue weighted by atomic mass is 9.87. The van der Waals surface area contributed by atoms with Crippen LogP contribution in [0, 0.1) is 23.7 Å². The van der Waals surface area contributed by atoms with Crippen LogP contribution in [0.4, 0.5) is 0 Å². The average Bonchev–Trinajstić information content (AvgIpc) is 3.10. The number of carbonyl (C=O) groups excluding carboxylic acids is 1. The third-order valence-electron chi connectivity index (χ3n) is 5.62. The molecule has 3 fully saturated rings. The van der Waals surface area contributed by atoms with Gasteiger partial charge < -0.3 is 5.32 Å². The predicted octanol–water partition coefficient (Wildman–Crippen LogP) is 3.69. The quantitative estimate of drug-likeness (QED) is 0.887. The van der Waals surface area contributed by atoms with Gasteiger partial charge in [-0.15, -0.1) is 0 Å². The van der Waals surface area contributed by atoms with Gasteiger partial charge in [0.2, 0.25) is 5.91 Å². The number of benzene rings is 1. The highest BCUT2D eigenvalue weighted by Gasteiger charge is 2.44. The molecule has 2 bridgehead atoms. The third-order valence-corrected chi connectivity index (χ3v) is 5.62. The fourth-order valence-corrected chi connectivity index (χ4v) is 4.39. The standard InChI is InChI=1S/C18H23NO/c20-18(16-11-12-6-7-15(16)10-12)19-17(14-8-9-14)13-4-2-1-3-5-13/h1-5,12,14-17H,6-11H2,(H,19,20). The molecule has 0 spiro atoms. The summed E-state index contributed by atoms with van der Waals surface area (Å²) in [5, 5.41) is 3.38. The number of rotatable bonds is 4. The molecule has 3 aliphatic carbocycles. The van der Waals surface area contributed by atoms with E-state index in [2.05, 4.69) is 29.6 Å². The Balaban J connectivity index is 1.47. The first-order valence-electron chi connectivity index (χ1n) is 8.16. The molecule has 0 aromatic heterocycles. The van der Waals surface area contributed by atoms with Crippen molar-refractivity contribution in [2.24, 2.45) is 23.7 Å². The summed E-state index contributed by atoms with van der Waals surface area (Å²) in [6.45, 7) is 0. The van der Waals surface area contributed by atoms with E-state index in [0.29, 0.717) is 23.7 Å². The molecule has 1 aromatic carbocycles. The smallest absolute Gasteiger partial charge is 0.223 e. The second-order valence-corrected chi connectivity index (χ2v) is 7.02.